The second kappa shape index (κ2) is 12.3. The molecule has 0 saturated heterocycles. The molecule has 0 aliphatic heterocycles. The number of ether oxygens (including phenoxy) is 1. The van der Waals surface area contributed by atoms with Crippen LogP contribution in [-0.4, -0.2) is 32.4 Å². The highest BCUT2D eigenvalue weighted by Gasteiger charge is 2.00. The van der Waals surface area contributed by atoms with Crippen molar-refractivity contribution in [1.29, 1.82) is 0 Å². The van der Waals surface area contributed by atoms with Crippen LogP contribution in [0, 0.1) is 0 Å². The third kappa shape index (κ3) is 8.20. The van der Waals surface area contributed by atoms with E-state index in [1.165, 1.54) is 10.5 Å². The third-order valence-corrected chi connectivity index (χ3v) is 4.59. The van der Waals surface area contributed by atoms with Crippen LogP contribution in [-0.2, 0) is 6.54 Å². The number of nitrogens with zero attached hydrogens (tertiary/aromatic N) is 1. The van der Waals surface area contributed by atoms with Crippen molar-refractivity contribution in [3.05, 3.63) is 59.1 Å². The maximum absolute atomic E-state index is 5.88. The van der Waals surface area contributed by atoms with Crippen molar-refractivity contribution in [1.82, 2.24) is 10.6 Å². The topological polar surface area (TPSA) is 45.7 Å². The molecule has 2 aromatic rings. The van der Waals surface area contributed by atoms with E-state index in [1.54, 1.807) is 25.9 Å². The van der Waals surface area contributed by atoms with Crippen LogP contribution in [0.2, 0.25) is 5.02 Å². The van der Waals surface area contributed by atoms with Gasteiger partial charge in [0.15, 0.2) is 5.96 Å². The molecular weight excluding hydrogens is 469 g/mol. The van der Waals surface area contributed by atoms with E-state index in [4.69, 9.17) is 16.3 Å². The summed E-state index contributed by atoms with van der Waals surface area (Å²) in [5.74, 6) is 2.60. The number of guanidine groups is 1. The molecule has 0 aromatic heterocycles. The van der Waals surface area contributed by atoms with E-state index in [1.807, 2.05) is 48.5 Å². The zero-order valence-corrected chi connectivity index (χ0v) is 18.2. The number of aliphatic imine (C=N–C) groups is 1. The van der Waals surface area contributed by atoms with Crippen molar-refractivity contribution in [2.24, 2.45) is 4.99 Å². The molecule has 7 heteroatoms. The van der Waals surface area contributed by atoms with Gasteiger partial charge in [0.1, 0.15) is 5.75 Å². The highest BCUT2D eigenvalue weighted by atomic mass is 127. The van der Waals surface area contributed by atoms with Crippen molar-refractivity contribution >= 4 is 53.3 Å². The first-order valence-corrected chi connectivity index (χ1v) is 9.03. The number of thioether (sulfide) groups is 1. The molecule has 0 fully saturated rings. The second-order valence-electron chi connectivity index (χ2n) is 5.00. The number of hydrogen-bond donors (Lipinski definition) is 2. The molecule has 4 nitrogen and oxygen atoms in total. The summed E-state index contributed by atoms with van der Waals surface area (Å²) in [5, 5.41) is 7.38. The van der Waals surface area contributed by atoms with E-state index >= 15 is 0 Å². The summed E-state index contributed by atoms with van der Waals surface area (Å²) in [6.45, 7) is 1.55. The molecular formula is C18H23ClIN3OS. The average Bonchev–Trinajstić information content (AvgIpc) is 2.63. The van der Waals surface area contributed by atoms with Crippen LogP contribution in [0.5, 0.6) is 5.75 Å². The summed E-state index contributed by atoms with van der Waals surface area (Å²) < 4.78 is 5.16. The standard InChI is InChI=1S/C18H22ClN3OS.HI/c1-20-18(22-13-14-3-7-16(23-2)8-4-14)21-11-12-24-17-9-5-15(19)6-10-17;/h3-10H,11-13H2,1-2H3,(H2,20,21,22);1H. The summed E-state index contributed by atoms with van der Waals surface area (Å²) in [7, 11) is 3.44. The molecule has 2 rings (SSSR count). The third-order valence-electron chi connectivity index (χ3n) is 3.32. The van der Waals surface area contributed by atoms with Crippen LogP contribution < -0.4 is 15.4 Å². The fraction of sp³-hybridized carbons (Fsp3) is 0.278. The van der Waals surface area contributed by atoms with Gasteiger partial charge in [0.05, 0.1) is 7.11 Å². The Morgan fingerprint density at radius 3 is 2.36 bits per heavy atom. The van der Waals surface area contributed by atoms with Gasteiger partial charge >= 0.3 is 0 Å². The predicted octanol–water partition coefficient (Wildman–Crippen LogP) is 4.42. The minimum Gasteiger partial charge on any atom is -0.497 e. The number of nitrogens with one attached hydrogen (secondary N) is 2. The molecule has 0 aliphatic carbocycles. The van der Waals surface area contributed by atoms with Crippen LogP contribution in [0.4, 0.5) is 0 Å². The van der Waals surface area contributed by atoms with E-state index in [0.717, 1.165) is 29.0 Å². The van der Waals surface area contributed by atoms with E-state index < -0.39 is 0 Å². The summed E-state index contributed by atoms with van der Waals surface area (Å²) in [4.78, 5) is 5.45. The number of benzene rings is 2. The lowest BCUT2D eigenvalue weighted by atomic mass is 10.2. The molecule has 0 unspecified atom stereocenters. The van der Waals surface area contributed by atoms with Crippen LogP contribution in [0.15, 0.2) is 58.4 Å². The second-order valence-corrected chi connectivity index (χ2v) is 6.61. The minimum atomic E-state index is 0. The summed E-state index contributed by atoms with van der Waals surface area (Å²) >= 11 is 7.67. The fourth-order valence-electron chi connectivity index (χ4n) is 2.02. The first-order valence-electron chi connectivity index (χ1n) is 7.67. The predicted molar refractivity (Wildman–Crippen MR) is 119 cm³/mol. The summed E-state index contributed by atoms with van der Waals surface area (Å²) in [5.41, 5.74) is 1.18. The fourth-order valence-corrected chi connectivity index (χ4v) is 2.91. The molecule has 2 aromatic carbocycles. The molecule has 0 spiro atoms. The van der Waals surface area contributed by atoms with Crippen molar-refractivity contribution in [2.45, 2.75) is 11.4 Å². The Morgan fingerprint density at radius 1 is 1.08 bits per heavy atom. The van der Waals surface area contributed by atoms with E-state index in [9.17, 15) is 0 Å². The monoisotopic (exact) mass is 491 g/mol. The molecule has 0 saturated carbocycles. The van der Waals surface area contributed by atoms with Crippen molar-refractivity contribution in [3.8, 4) is 5.75 Å². The van der Waals surface area contributed by atoms with Gasteiger partial charge in [-0.05, 0) is 42.0 Å². The number of halogens is 2. The molecule has 136 valence electrons. The Morgan fingerprint density at radius 2 is 1.76 bits per heavy atom. The number of rotatable bonds is 7. The van der Waals surface area contributed by atoms with Crippen LogP contribution >= 0.6 is 47.3 Å². The van der Waals surface area contributed by atoms with Crippen LogP contribution in [0.3, 0.4) is 0 Å². The van der Waals surface area contributed by atoms with E-state index in [2.05, 4.69) is 15.6 Å². The summed E-state index contributed by atoms with van der Waals surface area (Å²) in [6, 6.07) is 15.9. The molecule has 25 heavy (non-hydrogen) atoms. The maximum atomic E-state index is 5.88. The molecule has 0 aliphatic rings. The Kier molecular flexibility index (Phi) is 10.8. The van der Waals surface area contributed by atoms with Crippen molar-refractivity contribution in [3.63, 3.8) is 0 Å². The van der Waals surface area contributed by atoms with Gasteiger partial charge in [0.25, 0.3) is 0 Å². The highest BCUT2D eigenvalue weighted by Crippen LogP contribution is 2.19. The quantitative estimate of drug-likeness (QED) is 0.198. The molecule has 0 bridgehead atoms. The lowest BCUT2D eigenvalue weighted by molar-refractivity contribution is 0.414. The zero-order valence-electron chi connectivity index (χ0n) is 14.3. The number of methoxy groups -OCH3 is 1. The molecule has 0 amide bonds. The van der Waals surface area contributed by atoms with Gasteiger partial charge in [-0.1, -0.05) is 23.7 Å². The van der Waals surface area contributed by atoms with E-state index in [-0.39, 0.29) is 24.0 Å². The van der Waals surface area contributed by atoms with Gasteiger partial charge in [-0.2, -0.15) is 0 Å². The normalized spacial score (nSPS) is 10.8. The largest absolute Gasteiger partial charge is 0.497 e. The van der Waals surface area contributed by atoms with Gasteiger partial charge in [0.2, 0.25) is 0 Å². The first kappa shape index (κ1) is 21.9. The smallest absolute Gasteiger partial charge is 0.191 e. The summed E-state index contributed by atoms with van der Waals surface area (Å²) in [6.07, 6.45) is 0. The molecule has 0 heterocycles. The Bertz CT molecular complexity index is 650. The molecule has 0 atom stereocenters. The SMILES string of the molecule is CN=C(NCCSc1ccc(Cl)cc1)NCc1ccc(OC)cc1.I. The van der Waals surface area contributed by atoms with Gasteiger partial charge < -0.3 is 15.4 Å². The van der Waals surface area contributed by atoms with Crippen molar-refractivity contribution in [2.75, 3.05) is 26.5 Å². The van der Waals surface area contributed by atoms with Crippen LogP contribution in [0.25, 0.3) is 0 Å². The Balaban J connectivity index is 0.00000312. The zero-order chi connectivity index (χ0) is 17.2. The van der Waals surface area contributed by atoms with Gasteiger partial charge in [0, 0.05) is 35.8 Å². The lowest BCUT2D eigenvalue weighted by Crippen LogP contribution is -2.37. The Labute approximate surface area is 175 Å². The lowest BCUT2D eigenvalue weighted by Gasteiger charge is -2.12. The van der Waals surface area contributed by atoms with Crippen LogP contribution in [0.1, 0.15) is 5.56 Å². The highest BCUT2D eigenvalue weighted by molar-refractivity contribution is 14.0. The van der Waals surface area contributed by atoms with E-state index in [0.29, 0.717) is 6.54 Å². The molecule has 2 N–H and O–H groups in total. The van der Waals surface area contributed by atoms with Gasteiger partial charge in [-0.15, -0.1) is 35.7 Å². The van der Waals surface area contributed by atoms with Gasteiger partial charge in [-0.25, -0.2) is 0 Å². The van der Waals surface area contributed by atoms with Gasteiger partial charge in [-0.3, -0.25) is 4.99 Å². The maximum Gasteiger partial charge on any atom is 0.191 e. The Hall–Kier alpha value is -1.12. The minimum absolute atomic E-state index is 0. The van der Waals surface area contributed by atoms with Crippen molar-refractivity contribution < 1.29 is 4.74 Å². The molecule has 0 radical (unpaired) electrons. The average molecular weight is 492 g/mol. The number of hydrogen-bond acceptors (Lipinski definition) is 3. The first-order chi connectivity index (χ1) is 11.7.